The van der Waals surface area contributed by atoms with Gasteiger partial charge in [-0.1, -0.05) is 10.4 Å². The minimum atomic E-state index is 0.468. The van der Waals surface area contributed by atoms with Crippen LogP contribution in [0.4, 0.5) is 0 Å². The standard InChI is InChI=1S/C18H17N5O2/c1-3-23-16-10-7-13(11-15(16)20-22-23)17-19-18(25-21-17)12-5-8-14(9-6-12)24-4-2/h5-11H,3-4H2,1-2H3. The van der Waals surface area contributed by atoms with Gasteiger partial charge in [-0.2, -0.15) is 4.98 Å². The molecular formula is C18H17N5O2. The van der Waals surface area contributed by atoms with E-state index in [1.165, 1.54) is 0 Å². The molecule has 0 aliphatic heterocycles. The van der Waals surface area contributed by atoms with Crippen LogP contribution in [0.2, 0.25) is 0 Å². The molecule has 0 radical (unpaired) electrons. The Hall–Kier alpha value is -3.22. The van der Waals surface area contributed by atoms with E-state index < -0.39 is 0 Å². The summed E-state index contributed by atoms with van der Waals surface area (Å²) in [6.07, 6.45) is 0. The number of nitrogens with zero attached hydrogens (tertiary/aromatic N) is 5. The summed E-state index contributed by atoms with van der Waals surface area (Å²) in [5.74, 6) is 1.81. The maximum Gasteiger partial charge on any atom is 0.258 e. The van der Waals surface area contributed by atoms with E-state index in [9.17, 15) is 0 Å². The molecule has 126 valence electrons. The Morgan fingerprint density at radius 1 is 1.04 bits per heavy atom. The highest BCUT2D eigenvalue weighted by molar-refractivity contribution is 5.80. The monoisotopic (exact) mass is 335 g/mol. The van der Waals surface area contributed by atoms with Gasteiger partial charge in [0.25, 0.3) is 5.89 Å². The van der Waals surface area contributed by atoms with Gasteiger partial charge in [0.15, 0.2) is 0 Å². The van der Waals surface area contributed by atoms with Gasteiger partial charge >= 0.3 is 0 Å². The molecular weight excluding hydrogens is 318 g/mol. The molecule has 7 nitrogen and oxygen atoms in total. The van der Waals surface area contributed by atoms with Gasteiger partial charge in [0.2, 0.25) is 5.82 Å². The van der Waals surface area contributed by atoms with Crippen molar-refractivity contribution in [3.63, 3.8) is 0 Å². The summed E-state index contributed by atoms with van der Waals surface area (Å²) in [5, 5.41) is 12.4. The number of aryl methyl sites for hydroxylation is 1. The molecule has 0 aliphatic carbocycles. The average Bonchev–Trinajstić information content (AvgIpc) is 3.29. The van der Waals surface area contributed by atoms with Gasteiger partial charge in [-0.05, 0) is 56.3 Å². The van der Waals surface area contributed by atoms with Crippen molar-refractivity contribution in [1.29, 1.82) is 0 Å². The normalized spacial score (nSPS) is 11.1. The summed E-state index contributed by atoms with van der Waals surface area (Å²) in [6, 6.07) is 13.4. The fourth-order valence-corrected chi connectivity index (χ4v) is 2.66. The van der Waals surface area contributed by atoms with E-state index in [2.05, 4.69) is 20.5 Å². The zero-order valence-electron chi connectivity index (χ0n) is 14.0. The van der Waals surface area contributed by atoms with Gasteiger partial charge < -0.3 is 9.26 Å². The van der Waals surface area contributed by atoms with E-state index in [1.54, 1.807) is 0 Å². The molecule has 0 aliphatic rings. The van der Waals surface area contributed by atoms with Crippen LogP contribution in [0.3, 0.4) is 0 Å². The first-order chi connectivity index (χ1) is 12.3. The Balaban J connectivity index is 1.64. The second-order valence-electron chi connectivity index (χ2n) is 5.49. The molecule has 0 saturated carbocycles. The van der Waals surface area contributed by atoms with Gasteiger partial charge in [0.05, 0.1) is 12.1 Å². The van der Waals surface area contributed by atoms with Crippen LogP contribution < -0.4 is 4.74 Å². The third kappa shape index (κ3) is 2.84. The van der Waals surface area contributed by atoms with Crippen LogP contribution in [0, 0.1) is 0 Å². The van der Waals surface area contributed by atoms with Crippen molar-refractivity contribution in [2.45, 2.75) is 20.4 Å². The molecule has 0 unspecified atom stereocenters. The van der Waals surface area contributed by atoms with Crippen molar-refractivity contribution in [2.75, 3.05) is 6.61 Å². The maximum absolute atomic E-state index is 5.44. The highest BCUT2D eigenvalue weighted by Crippen LogP contribution is 2.25. The predicted molar refractivity (Wildman–Crippen MR) is 93.1 cm³/mol. The largest absolute Gasteiger partial charge is 0.494 e. The van der Waals surface area contributed by atoms with Crippen molar-refractivity contribution in [3.8, 4) is 28.6 Å². The van der Waals surface area contributed by atoms with Crippen LogP contribution in [0.25, 0.3) is 33.9 Å². The SMILES string of the molecule is CCOc1ccc(-c2nc(-c3ccc4c(c3)nnn4CC)no2)cc1. The van der Waals surface area contributed by atoms with E-state index in [4.69, 9.17) is 9.26 Å². The molecule has 2 heterocycles. The maximum atomic E-state index is 5.44. The highest BCUT2D eigenvalue weighted by Gasteiger charge is 2.12. The van der Waals surface area contributed by atoms with Crippen molar-refractivity contribution < 1.29 is 9.26 Å². The van der Waals surface area contributed by atoms with E-state index in [0.29, 0.717) is 18.3 Å². The summed E-state index contributed by atoms with van der Waals surface area (Å²) in [6.45, 7) is 5.40. The first kappa shape index (κ1) is 15.3. The fourth-order valence-electron chi connectivity index (χ4n) is 2.66. The smallest absolute Gasteiger partial charge is 0.258 e. The van der Waals surface area contributed by atoms with Crippen molar-refractivity contribution in [1.82, 2.24) is 25.1 Å². The topological polar surface area (TPSA) is 78.9 Å². The molecule has 4 aromatic rings. The van der Waals surface area contributed by atoms with E-state index >= 15 is 0 Å². The quantitative estimate of drug-likeness (QED) is 0.555. The lowest BCUT2D eigenvalue weighted by atomic mass is 10.2. The number of benzene rings is 2. The third-order valence-electron chi connectivity index (χ3n) is 3.91. The Kier molecular flexibility index (Phi) is 3.89. The van der Waals surface area contributed by atoms with Gasteiger partial charge in [0.1, 0.15) is 11.3 Å². The molecule has 0 bridgehead atoms. The molecule has 7 heteroatoms. The highest BCUT2D eigenvalue weighted by atomic mass is 16.5. The number of rotatable bonds is 5. The van der Waals surface area contributed by atoms with Crippen molar-refractivity contribution in [2.24, 2.45) is 0 Å². The molecule has 0 fully saturated rings. The summed E-state index contributed by atoms with van der Waals surface area (Å²) >= 11 is 0. The zero-order chi connectivity index (χ0) is 17.2. The molecule has 4 rings (SSSR count). The van der Waals surface area contributed by atoms with Gasteiger partial charge in [-0.15, -0.1) is 5.10 Å². The molecule has 25 heavy (non-hydrogen) atoms. The summed E-state index contributed by atoms with van der Waals surface area (Å²) in [4.78, 5) is 4.49. The molecule has 2 aromatic carbocycles. The lowest BCUT2D eigenvalue weighted by Crippen LogP contribution is -1.95. The van der Waals surface area contributed by atoms with Crippen LogP contribution in [0.15, 0.2) is 47.0 Å². The molecule has 0 amide bonds. The Bertz CT molecular complexity index is 1000. The summed E-state index contributed by atoms with van der Waals surface area (Å²) < 4.78 is 12.7. The Morgan fingerprint density at radius 3 is 2.60 bits per heavy atom. The third-order valence-corrected chi connectivity index (χ3v) is 3.91. The van der Waals surface area contributed by atoms with Gasteiger partial charge in [-0.3, -0.25) is 0 Å². The average molecular weight is 335 g/mol. The fraction of sp³-hybridized carbons (Fsp3) is 0.222. The number of aromatic nitrogens is 5. The second kappa shape index (κ2) is 6.35. The zero-order valence-corrected chi connectivity index (χ0v) is 14.0. The molecule has 0 N–H and O–H groups in total. The number of ether oxygens (including phenoxy) is 1. The van der Waals surface area contributed by atoms with E-state index in [0.717, 1.165) is 34.5 Å². The summed E-state index contributed by atoms with van der Waals surface area (Å²) in [7, 11) is 0. The molecule has 2 aromatic heterocycles. The van der Waals surface area contributed by atoms with Crippen LogP contribution in [0.5, 0.6) is 5.75 Å². The van der Waals surface area contributed by atoms with Crippen LogP contribution in [-0.4, -0.2) is 31.7 Å². The van der Waals surface area contributed by atoms with Crippen LogP contribution >= 0.6 is 0 Å². The minimum absolute atomic E-state index is 0.468. The first-order valence-electron chi connectivity index (χ1n) is 8.19. The Morgan fingerprint density at radius 2 is 1.84 bits per heavy atom. The van der Waals surface area contributed by atoms with Gasteiger partial charge in [0, 0.05) is 17.7 Å². The van der Waals surface area contributed by atoms with Gasteiger partial charge in [-0.25, -0.2) is 4.68 Å². The lowest BCUT2D eigenvalue weighted by Gasteiger charge is -2.02. The summed E-state index contributed by atoms with van der Waals surface area (Å²) in [5.41, 5.74) is 3.49. The van der Waals surface area contributed by atoms with Crippen LogP contribution in [0.1, 0.15) is 13.8 Å². The molecule has 0 saturated heterocycles. The second-order valence-corrected chi connectivity index (χ2v) is 5.49. The van der Waals surface area contributed by atoms with E-state index in [-0.39, 0.29) is 0 Å². The predicted octanol–water partition coefficient (Wildman–Crippen LogP) is 3.57. The Labute approximate surface area is 144 Å². The molecule has 0 atom stereocenters. The van der Waals surface area contributed by atoms with Crippen LogP contribution in [-0.2, 0) is 6.54 Å². The van der Waals surface area contributed by atoms with Crippen molar-refractivity contribution in [3.05, 3.63) is 42.5 Å². The van der Waals surface area contributed by atoms with Crippen molar-refractivity contribution >= 4 is 11.0 Å². The number of hydrogen-bond donors (Lipinski definition) is 0. The van der Waals surface area contributed by atoms with E-state index in [1.807, 2.05) is 61.0 Å². The first-order valence-corrected chi connectivity index (χ1v) is 8.19. The number of hydrogen-bond acceptors (Lipinski definition) is 6. The number of fused-ring (bicyclic) bond motifs is 1. The lowest BCUT2D eigenvalue weighted by molar-refractivity contribution is 0.340. The minimum Gasteiger partial charge on any atom is -0.494 e. The molecule has 0 spiro atoms.